The van der Waals surface area contributed by atoms with Gasteiger partial charge in [0.05, 0.1) is 14.2 Å². The van der Waals surface area contributed by atoms with Crippen LogP contribution >= 0.6 is 15.9 Å². The van der Waals surface area contributed by atoms with E-state index in [2.05, 4.69) is 27.3 Å². The highest BCUT2D eigenvalue weighted by Gasteiger charge is 2.15. The molecule has 3 nitrogen and oxygen atoms in total. The van der Waals surface area contributed by atoms with E-state index in [9.17, 15) is 0 Å². The van der Waals surface area contributed by atoms with E-state index in [1.165, 1.54) is 32.1 Å². The molecule has 1 aromatic rings. The molecule has 0 amide bonds. The Hall–Kier alpha value is -0.740. The molecule has 1 aliphatic carbocycles. The second-order valence-electron chi connectivity index (χ2n) is 5.02. The Morgan fingerprint density at radius 3 is 2.53 bits per heavy atom. The SMILES string of the molecule is COc1cc(Br)cc(CNC2CCCCC2)c1OC. The van der Waals surface area contributed by atoms with Gasteiger partial charge in [-0.25, -0.2) is 0 Å². The van der Waals surface area contributed by atoms with Gasteiger partial charge in [-0.15, -0.1) is 0 Å². The normalized spacial score (nSPS) is 16.4. The summed E-state index contributed by atoms with van der Waals surface area (Å²) in [5, 5.41) is 3.63. The van der Waals surface area contributed by atoms with Crippen molar-refractivity contribution in [3.63, 3.8) is 0 Å². The minimum Gasteiger partial charge on any atom is -0.493 e. The lowest BCUT2D eigenvalue weighted by Gasteiger charge is -2.23. The molecule has 0 heterocycles. The molecule has 1 aromatic carbocycles. The highest BCUT2D eigenvalue weighted by atomic mass is 79.9. The molecular formula is C15H22BrNO2. The molecule has 1 saturated carbocycles. The number of hydrogen-bond donors (Lipinski definition) is 1. The second kappa shape index (κ2) is 7.15. The van der Waals surface area contributed by atoms with Gasteiger partial charge in [-0.3, -0.25) is 0 Å². The van der Waals surface area contributed by atoms with E-state index in [0.717, 1.165) is 28.1 Å². The van der Waals surface area contributed by atoms with Crippen LogP contribution in [0.15, 0.2) is 16.6 Å². The van der Waals surface area contributed by atoms with E-state index < -0.39 is 0 Å². The van der Waals surface area contributed by atoms with Gasteiger partial charge in [-0.05, 0) is 25.0 Å². The van der Waals surface area contributed by atoms with Crippen LogP contribution in [0.2, 0.25) is 0 Å². The maximum absolute atomic E-state index is 5.48. The third-order valence-electron chi connectivity index (χ3n) is 3.71. The van der Waals surface area contributed by atoms with Gasteiger partial charge in [-0.2, -0.15) is 0 Å². The molecule has 0 aliphatic heterocycles. The Labute approximate surface area is 123 Å². The molecule has 19 heavy (non-hydrogen) atoms. The lowest BCUT2D eigenvalue weighted by atomic mass is 9.95. The van der Waals surface area contributed by atoms with E-state index >= 15 is 0 Å². The van der Waals surface area contributed by atoms with Gasteiger partial charge >= 0.3 is 0 Å². The van der Waals surface area contributed by atoms with Gasteiger partial charge in [0.2, 0.25) is 0 Å². The Morgan fingerprint density at radius 1 is 1.16 bits per heavy atom. The molecule has 0 radical (unpaired) electrons. The molecule has 0 bridgehead atoms. The number of methoxy groups -OCH3 is 2. The number of nitrogens with one attached hydrogen (secondary N) is 1. The topological polar surface area (TPSA) is 30.5 Å². The molecule has 0 unspecified atom stereocenters. The van der Waals surface area contributed by atoms with Gasteiger partial charge in [0.15, 0.2) is 11.5 Å². The van der Waals surface area contributed by atoms with Crippen LogP contribution in [0.1, 0.15) is 37.7 Å². The quantitative estimate of drug-likeness (QED) is 0.889. The van der Waals surface area contributed by atoms with Crippen molar-refractivity contribution in [2.45, 2.75) is 44.7 Å². The molecule has 1 fully saturated rings. The molecule has 0 atom stereocenters. The van der Waals surface area contributed by atoms with E-state index in [0.29, 0.717) is 6.04 Å². The number of hydrogen-bond acceptors (Lipinski definition) is 3. The van der Waals surface area contributed by atoms with Gasteiger partial charge in [0, 0.05) is 22.6 Å². The maximum atomic E-state index is 5.48. The summed E-state index contributed by atoms with van der Waals surface area (Å²) in [6, 6.07) is 4.67. The van der Waals surface area contributed by atoms with Crippen molar-refractivity contribution < 1.29 is 9.47 Å². The smallest absolute Gasteiger partial charge is 0.165 e. The van der Waals surface area contributed by atoms with Crippen molar-refractivity contribution in [1.82, 2.24) is 5.32 Å². The Kier molecular flexibility index (Phi) is 5.52. The summed E-state index contributed by atoms with van der Waals surface area (Å²) < 4.78 is 11.9. The lowest BCUT2D eigenvalue weighted by Crippen LogP contribution is -2.30. The van der Waals surface area contributed by atoms with Crippen LogP contribution in [0.4, 0.5) is 0 Å². The molecule has 0 spiro atoms. The first-order valence-corrected chi connectivity index (χ1v) is 7.67. The van der Waals surface area contributed by atoms with Gasteiger partial charge < -0.3 is 14.8 Å². The first-order chi connectivity index (χ1) is 9.24. The first-order valence-electron chi connectivity index (χ1n) is 6.88. The maximum Gasteiger partial charge on any atom is 0.165 e. The number of benzene rings is 1. The van der Waals surface area contributed by atoms with Gasteiger partial charge in [0.25, 0.3) is 0 Å². The molecule has 0 aromatic heterocycles. The summed E-state index contributed by atoms with van der Waals surface area (Å²) in [5.74, 6) is 1.60. The van der Waals surface area contributed by atoms with Crippen LogP contribution in [-0.2, 0) is 6.54 Å². The largest absolute Gasteiger partial charge is 0.493 e. The zero-order valence-electron chi connectivity index (χ0n) is 11.7. The van der Waals surface area contributed by atoms with Crippen LogP contribution in [-0.4, -0.2) is 20.3 Å². The molecule has 1 aliphatic rings. The summed E-state index contributed by atoms with van der Waals surface area (Å²) in [5.41, 5.74) is 1.14. The lowest BCUT2D eigenvalue weighted by molar-refractivity contribution is 0.343. The number of rotatable bonds is 5. The molecule has 106 valence electrons. The average molecular weight is 328 g/mol. The number of ether oxygens (including phenoxy) is 2. The Bertz CT molecular complexity index is 417. The predicted molar refractivity (Wildman–Crippen MR) is 81.0 cm³/mol. The summed E-state index contributed by atoms with van der Waals surface area (Å²) >= 11 is 3.52. The van der Waals surface area contributed by atoms with Crippen LogP contribution in [0.3, 0.4) is 0 Å². The fourth-order valence-electron chi connectivity index (χ4n) is 2.70. The second-order valence-corrected chi connectivity index (χ2v) is 5.93. The monoisotopic (exact) mass is 327 g/mol. The fourth-order valence-corrected chi connectivity index (χ4v) is 3.18. The van der Waals surface area contributed by atoms with Crippen LogP contribution in [0.25, 0.3) is 0 Å². The summed E-state index contributed by atoms with van der Waals surface area (Å²) in [7, 11) is 3.36. The fraction of sp³-hybridized carbons (Fsp3) is 0.600. The minimum atomic E-state index is 0.642. The van der Waals surface area contributed by atoms with Crippen molar-refractivity contribution in [2.75, 3.05) is 14.2 Å². The van der Waals surface area contributed by atoms with E-state index in [-0.39, 0.29) is 0 Å². The van der Waals surface area contributed by atoms with Crippen molar-refractivity contribution in [3.05, 3.63) is 22.2 Å². The summed E-state index contributed by atoms with van der Waals surface area (Å²) in [4.78, 5) is 0. The van der Waals surface area contributed by atoms with Crippen molar-refractivity contribution in [1.29, 1.82) is 0 Å². The number of halogens is 1. The molecular weight excluding hydrogens is 306 g/mol. The Morgan fingerprint density at radius 2 is 1.89 bits per heavy atom. The standard InChI is InChI=1S/C15H22BrNO2/c1-18-14-9-12(16)8-11(15(14)19-2)10-17-13-6-4-3-5-7-13/h8-9,13,17H,3-7,10H2,1-2H3. The molecule has 0 saturated heterocycles. The minimum absolute atomic E-state index is 0.642. The van der Waals surface area contributed by atoms with Crippen LogP contribution in [0, 0.1) is 0 Å². The average Bonchev–Trinajstić information content (AvgIpc) is 2.45. The van der Waals surface area contributed by atoms with E-state index in [4.69, 9.17) is 9.47 Å². The van der Waals surface area contributed by atoms with Crippen LogP contribution in [0.5, 0.6) is 11.5 Å². The van der Waals surface area contributed by atoms with Gasteiger partial charge in [-0.1, -0.05) is 35.2 Å². The van der Waals surface area contributed by atoms with Crippen molar-refractivity contribution in [2.24, 2.45) is 0 Å². The zero-order chi connectivity index (χ0) is 13.7. The first kappa shape index (κ1) is 14.7. The molecule has 1 N–H and O–H groups in total. The van der Waals surface area contributed by atoms with Gasteiger partial charge in [0.1, 0.15) is 0 Å². The van der Waals surface area contributed by atoms with Crippen LogP contribution < -0.4 is 14.8 Å². The highest BCUT2D eigenvalue weighted by molar-refractivity contribution is 9.10. The highest BCUT2D eigenvalue weighted by Crippen LogP contribution is 2.34. The molecule has 4 heteroatoms. The third-order valence-corrected chi connectivity index (χ3v) is 4.16. The third kappa shape index (κ3) is 3.86. The summed E-state index contributed by atoms with van der Waals surface area (Å²) in [6.07, 6.45) is 6.64. The predicted octanol–water partition coefficient (Wildman–Crippen LogP) is 3.89. The van der Waals surface area contributed by atoms with E-state index in [1.54, 1.807) is 14.2 Å². The van der Waals surface area contributed by atoms with E-state index in [1.807, 2.05) is 6.07 Å². The Balaban J connectivity index is 2.07. The van der Waals surface area contributed by atoms with Crippen molar-refractivity contribution >= 4 is 15.9 Å². The molecule has 2 rings (SSSR count). The zero-order valence-corrected chi connectivity index (χ0v) is 13.3. The van der Waals surface area contributed by atoms with Crippen molar-refractivity contribution in [3.8, 4) is 11.5 Å². The summed E-state index contributed by atoms with van der Waals surface area (Å²) in [6.45, 7) is 0.823.